The van der Waals surface area contributed by atoms with Crippen LogP contribution in [0.15, 0.2) is 24.5 Å². The smallest absolute Gasteiger partial charge is 0.153 e. The third kappa shape index (κ3) is 2.10. The van der Waals surface area contributed by atoms with Crippen molar-refractivity contribution in [3.05, 3.63) is 24.5 Å². The summed E-state index contributed by atoms with van der Waals surface area (Å²) in [7, 11) is 0. The van der Waals surface area contributed by atoms with Gasteiger partial charge in [0.05, 0.1) is 12.1 Å². The number of fused-ring (bicyclic) bond motifs is 1. The summed E-state index contributed by atoms with van der Waals surface area (Å²) in [5.41, 5.74) is 0.861. The van der Waals surface area contributed by atoms with E-state index in [1.165, 1.54) is 0 Å². The molecule has 90 valence electrons. The van der Waals surface area contributed by atoms with Gasteiger partial charge in [-0.1, -0.05) is 0 Å². The van der Waals surface area contributed by atoms with Crippen LogP contribution in [0.25, 0.3) is 5.65 Å². The topological polar surface area (TPSA) is 51.5 Å². The number of hydrogen-bond donors (Lipinski definition) is 1. The van der Waals surface area contributed by atoms with E-state index in [0.717, 1.165) is 30.9 Å². The number of nitrogens with zero attached hydrogens (tertiary/aromatic N) is 3. The highest BCUT2D eigenvalue weighted by atomic mass is 16.5. The van der Waals surface area contributed by atoms with E-state index in [-0.39, 0.29) is 6.04 Å². The average molecular weight is 232 g/mol. The molecule has 2 aromatic rings. The van der Waals surface area contributed by atoms with Crippen molar-refractivity contribution in [1.29, 1.82) is 0 Å². The molecule has 0 aromatic carbocycles. The van der Waals surface area contributed by atoms with Gasteiger partial charge in [-0.3, -0.25) is 0 Å². The summed E-state index contributed by atoms with van der Waals surface area (Å²) in [4.78, 5) is 4.16. The standard InChI is InChI=1S/C12H16N4O/c1-9(10-3-2-8-17-10)14-11-4-5-12-13-6-7-16(12)15-11/h4-7,9-10H,2-3,8H2,1H3,(H,14,15)/t9-,10-/m1/s1. The molecule has 0 amide bonds. The monoisotopic (exact) mass is 232 g/mol. The molecule has 0 spiro atoms. The predicted octanol–water partition coefficient (Wildman–Crippen LogP) is 1.71. The number of anilines is 1. The lowest BCUT2D eigenvalue weighted by atomic mass is 10.1. The van der Waals surface area contributed by atoms with Crippen LogP contribution in [-0.2, 0) is 4.74 Å². The SMILES string of the molecule is C[C@@H](Nc1ccc2nccn2n1)[C@H]1CCCO1. The van der Waals surface area contributed by atoms with Crippen molar-refractivity contribution < 1.29 is 4.74 Å². The second-order valence-electron chi connectivity index (χ2n) is 4.43. The molecule has 5 heteroatoms. The fourth-order valence-electron chi connectivity index (χ4n) is 2.22. The molecule has 3 heterocycles. The van der Waals surface area contributed by atoms with Gasteiger partial charge in [0.25, 0.3) is 0 Å². The van der Waals surface area contributed by atoms with Gasteiger partial charge in [-0.25, -0.2) is 9.50 Å². The molecule has 1 saturated heterocycles. The molecule has 1 aliphatic rings. The Hall–Kier alpha value is -1.62. The number of ether oxygens (including phenoxy) is 1. The minimum atomic E-state index is 0.283. The van der Waals surface area contributed by atoms with Crippen molar-refractivity contribution >= 4 is 11.5 Å². The van der Waals surface area contributed by atoms with Gasteiger partial charge in [-0.15, -0.1) is 5.10 Å². The fourth-order valence-corrected chi connectivity index (χ4v) is 2.22. The lowest BCUT2D eigenvalue weighted by molar-refractivity contribution is 0.0995. The third-order valence-corrected chi connectivity index (χ3v) is 3.15. The van der Waals surface area contributed by atoms with Gasteiger partial charge in [-0.05, 0) is 31.9 Å². The van der Waals surface area contributed by atoms with E-state index in [1.54, 1.807) is 10.7 Å². The maximum absolute atomic E-state index is 5.65. The summed E-state index contributed by atoms with van der Waals surface area (Å²) in [6, 6.07) is 4.19. The van der Waals surface area contributed by atoms with E-state index in [9.17, 15) is 0 Å². The van der Waals surface area contributed by atoms with Crippen LogP contribution in [-0.4, -0.2) is 33.4 Å². The van der Waals surface area contributed by atoms with Crippen LogP contribution in [0.3, 0.4) is 0 Å². The Morgan fingerprint density at radius 1 is 1.53 bits per heavy atom. The molecular weight excluding hydrogens is 216 g/mol. The van der Waals surface area contributed by atoms with Crippen LogP contribution in [0.4, 0.5) is 5.82 Å². The maximum atomic E-state index is 5.65. The quantitative estimate of drug-likeness (QED) is 0.875. The lowest BCUT2D eigenvalue weighted by Gasteiger charge is -2.20. The molecule has 2 atom stereocenters. The molecule has 0 unspecified atom stereocenters. The van der Waals surface area contributed by atoms with Crippen molar-refractivity contribution in [3.63, 3.8) is 0 Å². The molecule has 1 fully saturated rings. The van der Waals surface area contributed by atoms with Crippen molar-refractivity contribution in [1.82, 2.24) is 14.6 Å². The Morgan fingerprint density at radius 2 is 2.47 bits per heavy atom. The van der Waals surface area contributed by atoms with Gasteiger partial charge in [0, 0.05) is 19.0 Å². The Kier molecular flexibility index (Phi) is 2.68. The number of nitrogens with one attached hydrogen (secondary N) is 1. The van der Waals surface area contributed by atoms with Crippen molar-refractivity contribution in [2.45, 2.75) is 31.9 Å². The van der Waals surface area contributed by atoms with Crippen molar-refractivity contribution in [2.24, 2.45) is 0 Å². The van der Waals surface area contributed by atoms with Gasteiger partial charge in [0.1, 0.15) is 5.82 Å². The van der Waals surface area contributed by atoms with Crippen LogP contribution >= 0.6 is 0 Å². The van der Waals surface area contributed by atoms with E-state index in [4.69, 9.17) is 4.74 Å². The largest absolute Gasteiger partial charge is 0.376 e. The summed E-state index contributed by atoms with van der Waals surface area (Å²) >= 11 is 0. The van der Waals surface area contributed by atoms with E-state index < -0.39 is 0 Å². The first-order valence-corrected chi connectivity index (χ1v) is 6.01. The van der Waals surface area contributed by atoms with Crippen LogP contribution in [0, 0.1) is 0 Å². The highest BCUT2D eigenvalue weighted by molar-refractivity contribution is 5.44. The molecule has 1 aliphatic heterocycles. The second kappa shape index (κ2) is 4.33. The van der Waals surface area contributed by atoms with Crippen molar-refractivity contribution in [3.8, 4) is 0 Å². The first-order chi connectivity index (χ1) is 8.33. The van der Waals surface area contributed by atoms with Crippen LogP contribution in [0.1, 0.15) is 19.8 Å². The zero-order valence-corrected chi connectivity index (χ0v) is 9.84. The highest BCUT2D eigenvalue weighted by Crippen LogP contribution is 2.18. The Bertz CT molecular complexity index is 504. The second-order valence-corrected chi connectivity index (χ2v) is 4.43. The van der Waals surface area contributed by atoms with Gasteiger partial charge in [0.2, 0.25) is 0 Å². The van der Waals surface area contributed by atoms with Crippen LogP contribution < -0.4 is 5.32 Å². The molecule has 0 radical (unpaired) electrons. The van der Waals surface area contributed by atoms with Gasteiger partial charge in [-0.2, -0.15) is 0 Å². The molecule has 0 aliphatic carbocycles. The molecule has 5 nitrogen and oxygen atoms in total. The number of aromatic nitrogens is 3. The summed E-state index contributed by atoms with van der Waals surface area (Å²) < 4.78 is 7.42. The van der Waals surface area contributed by atoms with E-state index >= 15 is 0 Å². The van der Waals surface area contributed by atoms with Crippen LogP contribution in [0.5, 0.6) is 0 Å². The Balaban J connectivity index is 1.74. The molecular formula is C12H16N4O. The Morgan fingerprint density at radius 3 is 3.29 bits per heavy atom. The first-order valence-electron chi connectivity index (χ1n) is 6.01. The highest BCUT2D eigenvalue weighted by Gasteiger charge is 2.22. The first kappa shape index (κ1) is 10.5. The summed E-state index contributed by atoms with van der Waals surface area (Å²) in [5.74, 6) is 0.860. The minimum absolute atomic E-state index is 0.283. The minimum Gasteiger partial charge on any atom is -0.376 e. The molecule has 0 saturated carbocycles. The summed E-state index contributed by atoms with van der Waals surface area (Å²) in [5, 5.41) is 7.82. The number of rotatable bonds is 3. The molecule has 1 N–H and O–H groups in total. The Labute approximate surface area is 99.8 Å². The third-order valence-electron chi connectivity index (χ3n) is 3.15. The van der Waals surface area contributed by atoms with Crippen molar-refractivity contribution in [2.75, 3.05) is 11.9 Å². The molecule has 2 aromatic heterocycles. The lowest BCUT2D eigenvalue weighted by Crippen LogP contribution is -2.30. The summed E-state index contributed by atoms with van der Waals surface area (Å²) in [6.07, 6.45) is 6.18. The fraction of sp³-hybridized carbons (Fsp3) is 0.500. The number of hydrogen-bond acceptors (Lipinski definition) is 4. The molecule has 17 heavy (non-hydrogen) atoms. The number of imidazole rings is 1. The average Bonchev–Trinajstić information content (AvgIpc) is 2.99. The van der Waals surface area contributed by atoms with E-state index in [2.05, 4.69) is 22.3 Å². The van der Waals surface area contributed by atoms with Crippen LogP contribution in [0.2, 0.25) is 0 Å². The zero-order valence-electron chi connectivity index (χ0n) is 9.84. The van der Waals surface area contributed by atoms with Gasteiger partial charge < -0.3 is 10.1 Å². The van der Waals surface area contributed by atoms with Gasteiger partial charge in [0.15, 0.2) is 5.65 Å². The molecule has 0 bridgehead atoms. The van der Waals surface area contributed by atoms with E-state index in [1.807, 2.05) is 18.3 Å². The maximum Gasteiger partial charge on any atom is 0.153 e. The normalized spacial score (nSPS) is 21.8. The zero-order chi connectivity index (χ0) is 11.7. The summed E-state index contributed by atoms with van der Waals surface area (Å²) in [6.45, 7) is 3.01. The predicted molar refractivity (Wildman–Crippen MR) is 65.0 cm³/mol. The van der Waals surface area contributed by atoms with Gasteiger partial charge >= 0.3 is 0 Å². The van der Waals surface area contributed by atoms with E-state index in [0.29, 0.717) is 6.10 Å². The molecule has 3 rings (SSSR count).